The molecule has 3 nitrogen and oxygen atoms in total. The van der Waals surface area contributed by atoms with E-state index in [1.807, 2.05) is 12.1 Å². The molecule has 0 amide bonds. The summed E-state index contributed by atoms with van der Waals surface area (Å²) < 4.78 is 5.87. The van der Waals surface area contributed by atoms with Crippen molar-refractivity contribution >= 4 is 11.6 Å². The number of morpholine rings is 1. The van der Waals surface area contributed by atoms with Crippen LogP contribution in [0.2, 0.25) is 5.02 Å². The molecule has 1 aromatic carbocycles. The highest BCUT2D eigenvalue weighted by Crippen LogP contribution is 2.17. The Kier molecular flexibility index (Phi) is 5.01. The van der Waals surface area contributed by atoms with Gasteiger partial charge in [0.25, 0.3) is 0 Å². The third kappa shape index (κ3) is 3.95. The van der Waals surface area contributed by atoms with Crippen LogP contribution in [0, 0.1) is 0 Å². The summed E-state index contributed by atoms with van der Waals surface area (Å²) in [5, 5.41) is 0.787. The standard InChI is InChI=1S/C14H21ClN2O/c1-11-8-17(10-14(18-11)6-7-16)9-12-2-4-13(15)5-3-12/h2-5,11,14H,6-10,16H2,1H3. The second kappa shape index (κ2) is 6.53. The number of hydrogen-bond acceptors (Lipinski definition) is 3. The number of rotatable bonds is 4. The Morgan fingerprint density at radius 1 is 1.33 bits per heavy atom. The first kappa shape index (κ1) is 13.8. The number of hydrogen-bond donors (Lipinski definition) is 1. The summed E-state index contributed by atoms with van der Waals surface area (Å²) in [5.74, 6) is 0. The van der Waals surface area contributed by atoms with Crippen LogP contribution in [0.3, 0.4) is 0 Å². The summed E-state index contributed by atoms with van der Waals surface area (Å²) in [5.41, 5.74) is 6.90. The number of nitrogens with zero attached hydrogens (tertiary/aromatic N) is 1. The molecule has 0 spiro atoms. The molecule has 2 rings (SSSR count). The Labute approximate surface area is 114 Å². The van der Waals surface area contributed by atoms with Crippen LogP contribution in [0.5, 0.6) is 0 Å². The molecule has 2 atom stereocenters. The zero-order valence-corrected chi connectivity index (χ0v) is 11.6. The molecular formula is C14H21ClN2O. The molecule has 2 N–H and O–H groups in total. The zero-order chi connectivity index (χ0) is 13.0. The van der Waals surface area contributed by atoms with E-state index in [1.165, 1.54) is 5.56 Å². The lowest BCUT2D eigenvalue weighted by atomic mass is 10.1. The smallest absolute Gasteiger partial charge is 0.0718 e. The molecule has 0 bridgehead atoms. The van der Waals surface area contributed by atoms with E-state index in [4.69, 9.17) is 22.1 Å². The Morgan fingerprint density at radius 2 is 2.06 bits per heavy atom. The van der Waals surface area contributed by atoms with Gasteiger partial charge in [0.05, 0.1) is 12.2 Å². The maximum absolute atomic E-state index is 5.89. The van der Waals surface area contributed by atoms with E-state index in [0.29, 0.717) is 6.54 Å². The Balaban J connectivity index is 1.93. The molecule has 2 unspecified atom stereocenters. The van der Waals surface area contributed by atoms with E-state index in [0.717, 1.165) is 31.1 Å². The predicted octanol–water partition coefficient (Wildman–Crippen LogP) is 2.28. The van der Waals surface area contributed by atoms with Crippen LogP contribution in [0.1, 0.15) is 18.9 Å². The van der Waals surface area contributed by atoms with Crippen molar-refractivity contribution in [1.82, 2.24) is 4.90 Å². The molecule has 1 aromatic rings. The van der Waals surface area contributed by atoms with Crippen molar-refractivity contribution in [3.05, 3.63) is 34.9 Å². The molecule has 1 saturated heterocycles. The lowest BCUT2D eigenvalue weighted by Crippen LogP contribution is -2.46. The van der Waals surface area contributed by atoms with Crippen LogP contribution in [0.25, 0.3) is 0 Å². The Morgan fingerprint density at radius 3 is 2.72 bits per heavy atom. The van der Waals surface area contributed by atoms with Gasteiger partial charge in [-0.2, -0.15) is 0 Å². The van der Waals surface area contributed by atoms with Crippen molar-refractivity contribution in [2.75, 3.05) is 19.6 Å². The summed E-state index contributed by atoms with van der Waals surface area (Å²) in [4.78, 5) is 2.43. The van der Waals surface area contributed by atoms with Gasteiger partial charge in [-0.05, 0) is 37.6 Å². The quantitative estimate of drug-likeness (QED) is 0.911. The predicted molar refractivity (Wildman–Crippen MR) is 74.7 cm³/mol. The molecule has 1 aliphatic heterocycles. The molecule has 0 radical (unpaired) electrons. The third-order valence-corrected chi connectivity index (χ3v) is 3.46. The van der Waals surface area contributed by atoms with Crippen molar-refractivity contribution in [3.63, 3.8) is 0 Å². The number of nitrogens with two attached hydrogens (primary N) is 1. The van der Waals surface area contributed by atoms with Gasteiger partial charge in [-0.1, -0.05) is 23.7 Å². The summed E-state index contributed by atoms with van der Waals surface area (Å²) in [6.45, 7) is 5.70. The van der Waals surface area contributed by atoms with Crippen molar-refractivity contribution in [1.29, 1.82) is 0 Å². The fourth-order valence-corrected chi connectivity index (χ4v) is 2.59. The number of halogens is 1. The second-order valence-corrected chi connectivity index (χ2v) is 5.40. The topological polar surface area (TPSA) is 38.5 Å². The Hall–Kier alpha value is -0.610. The molecule has 18 heavy (non-hydrogen) atoms. The normalized spacial score (nSPS) is 25.3. The minimum atomic E-state index is 0.269. The van der Waals surface area contributed by atoms with Gasteiger partial charge in [0, 0.05) is 24.7 Å². The van der Waals surface area contributed by atoms with Gasteiger partial charge in [0.2, 0.25) is 0 Å². The molecule has 0 aliphatic carbocycles. The summed E-state index contributed by atoms with van der Waals surface area (Å²) in [6, 6.07) is 8.05. The van der Waals surface area contributed by atoms with Gasteiger partial charge in [0.15, 0.2) is 0 Å². The van der Waals surface area contributed by atoms with E-state index in [-0.39, 0.29) is 12.2 Å². The van der Waals surface area contributed by atoms with Gasteiger partial charge in [-0.15, -0.1) is 0 Å². The maximum Gasteiger partial charge on any atom is 0.0718 e. The monoisotopic (exact) mass is 268 g/mol. The van der Waals surface area contributed by atoms with E-state index in [1.54, 1.807) is 0 Å². The average Bonchev–Trinajstić information content (AvgIpc) is 2.32. The van der Waals surface area contributed by atoms with Crippen molar-refractivity contribution < 1.29 is 4.74 Å². The molecule has 1 aliphatic rings. The third-order valence-electron chi connectivity index (χ3n) is 3.21. The Bertz CT molecular complexity index is 369. The molecule has 4 heteroatoms. The van der Waals surface area contributed by atoms with Crippen LogP contribution in [0.4, 0.5) is 0 Å². The fourth-order valence-electron chi connectivity index (χ4n) is 2.46. The lowest BCUT2D eigenvalue weighted by molar-refractivity contribution is -0.0809. The second-order valence-electron chi connectivity index (χ2n) is 4.97. The van der Waals surface area contributed by atoms with Crippen molar-refractivity contribution in [3.8, 4) is 0 Å². The van der Waals surface area contributed by atoms with Gasteiger partial charge < -0.3 is 10.5 Å². The molecule has 100 valence electrons. The first-order valence-electron chi connectivity index (χ1n) is 6.49. The molecule has 1 fully saturated rings. The lowest BCUT2D eigenvalue weighted by Gasteiger charge is -2.36. The largest absolute Gasteiger partial charge is 0.373 e. The highest BCUT2D eigenvalue weighted by molar-refractivity contribution is 6.30. The molecule has 0 saturated carbocycles. The minimum absolute atomic E-state index is 0.269. The van der Waals surface area contributed by atoms with Gasteiger partial charge in [0.1, 0.15) is 0 Å². The highest BCUT2D eigenvalue weighted by Gasteiger charge is 2.24. The highest BCUT2D eigenvalue weighted by atomic mass is 35.5. The summed E-state index contributed by atoms with van der Waals surface area (Å²) in [6.07, 6.45) is 1.48. The average molecular weight is 269 g/mol. The number of benzene rings is 1. The molecule has 0 aromatic heterocycles. The van der Waals surface area contributed by atoms with Crippen molar-refractivity contribution in [2.24, 2.45) is 5.73 Å². The first-order valence-corrected chi connectivity index (χ1v) is 6.87. The number of ether oxygens (including phenoxy) is 1. The van der Waals surface area contributed by atoms with Crippen LogP contribution in [-0.2, 0) is 11.3 Å². The minimum Gasteiger partial charge on any atom is -0.373 e. The summed E-state index contributed by atoms with van der Waals surface area (Å²) in [7, 11) is 0. The first-order chi connectivity index (χ1) is 8.67. The van der Waals surface area contributed by atoms with E-state index >= 15 is 0 Å². The van der Waals surface area contributed by atoms with Crippen molar-refractivity contribution in [2.45, 2.75) is 32.1 Å². The van der Waals surface area contributed by atoms with E-state index in [9.17, 15) is 0 Å². The van der Waals surface area contributed by atoms with E-state index < -0.39 is 0 Å². The van der Waals surface area contributed by atoms with Crippen LogP contribution in [-0.4, -0.2) is 36.7 Å². The maximum atomic E-state index is 5.89. The van der Waals surface area contributed by atoms with Crippen LogP contribution < -0.4 is 5.73 Å². The van der Waals surface area contributed by atoms with Gasteiger partial charge in [-0.25, -0.2) is 0 Å². The molecule has 1 heterocycles. The summed E-state index contributed by atoms with van der Waals surface area (Å²) >= 11 is 5.89. The van der Waals surface area contributed by atoms with Gasteiger partial charge >= 0.3 is 0 Å². The van der Waals surface area contributed by atoms with E-state index in [2.05, 4.69) is 24.0 Å². The zero-order valence-electron chi connectivity index (χ0n) is 10.8. The molecular weight excluding hydrogens is 248 g/mol. The van der Waals surface area contributed by atoms with Crippen LogP contribution in [0.15, 0.2) is 24.3 Å². The SMILES string of the molecule is CC1CN(Cc2ccc(Cl)cc2)CC(CCN)O1. The van der Waals surface area contributed by atoms with Crippen LogP contribution >= 0.6 is 11.6 Å². The fraction of sp³-hybridized carbons (Fsp3) is 0.571. The van der Waals surface area contributed by atoms with Gasteiger partial charge in [-0.3, -0.25) is 4.90 Å².